The lowest BCUT2D eigenvalue weighted by molar-refractivity contribution is -0.146. The molecule has 2 aromatic carbocycles. The van der Waals surface area contributed by atoms with Crippen molar-refractivity contribution < 1.29 is 13.6 Å². The van der Waals surface area contributed by atoms with Crippen LogP contribution in [0.25, 0.3) is 0 Å². The van der Waals surface area contributed by atoms with Gasteiger partial charge >= 0.3 is 0 Å². The van der Waals surface area contributed by atoms with Crippen molar-refractivity contribution in [2.24, 2.45) is 0 Å². The molecule has 1 saturated heterocycles. The van der Waals surface area contributed by atoms with Gasteiger partial charge in [-0.1, -0.05) is 36.4 Å². The Morgan fingerprint density at radius 2 is 1.87 bits per heavy atom. The van der Waals surface area contributed by atoms with Gasteiger partial charge in [0.15, 0.2) is 5.79 Å². The first-order chi connectivity index (χ1) is 15.0. The molecule has 1 atom stereocenters. The third-order valence-corrected chi connectivity index (χ3v) is 6.66. The van der Waals surface area contributed by atoms with Crippen molar-refractivity contribution in [1.29, 1.82) is 0 Å². The fourth-order valence-electron chi connectivity index (χ4n) is 5.04. The van der Waals surface area contributed by atoms with Gasteiger partial charge < -0.3 is 4.90 Å². The molecule has 3 aliphatic heterocycles. The summed E-state index contributed by atoms with van der Waals surface area (Å²) >= 11 is 0. The van der Waals surface area contributed by atoms with Crippen LogP contribution in [-0.4, -0.2) is 52.6 Å². The molecule has 31 heavy (non-hydrogen) atoms. The Bertz CT molecular complexity index is 1040. The van der Waals surface area contributed by atoms with Gasteiger partial charge in [0.1, 0.15) is 11.6 Å². The molecule has 7 heteroatoms. The summed E-state index contributed by atoms with van der Waals surface area (Å²) in [4.78, 5) is 19.9. The van der Waals surface area contributed by atoms with E-state index in [-0.39, 0.29) is 12.5 Å². The zero-order valence-corrected chi connectivity index (χ0v) is 17.6. The normalized spacial score (nSPS) is 23.9. The van der Waals surface area contributed by atoms with Gasteiger partial charge in [0.05, 0.1) is 12.1 Å². The quantitative estimate of drug-likeness (QED) is 0.819. The summed E-state index contributed by atoms with van der Waals surface area (Å²) < 4.78 is 27.8. The van der Waals surface area contributed by atoms with Crippen molar-refractivity contribution >= 4 is 5.91 Å². The van der Waals surface area contributed by atoms with Gasteiger partial charge in [-0.2, -0.15) is 0 Å². The van der Waals surface area contributed by atoms with E-state index < -0.39 is 17.4 Å². The van der Waals surface area contributed by atoms with Gasteiger partial charge in [0, 0.05) is 56.5 Å². The van der Waals surface area contributed by atoms with E-state index in [1.807, 2.05) is 25.1 Å². The second-order valence-electron chi connectivity index (χ2n) is 8.60. The minimum Gasteiger partial charge on any atom is -0.338 e. The maximum absolute atomic E-state index is 14.4. The summed E-state index contributed by atoms with van der Waals surface area (Å²) in [5, 5.41) is 3.44. The lowest BCUT2D eigenvalue weighted by Gasteiger charge is -2.52. The number of hydrogen-bond acceptors (Lipinski definition) is 4. The number of benzene rings is 2. The summed E-state index contributed by atoms with van der Waals surface area (Å²) in [6, 6.07) is 13.8. The third-order valence-electron chi connectivity index (χ3n) is 6.66. The molecule has 0 radical (unpaired) electrons. The minimum absolute atomic E-state index is 0.0790. The third kappa shape index (κ3) is 3.51. The van der Waals surface area contributed by atoms with E-state index in [9.17, 15) is 13.6 Å². The van der Waals surface area contributed by atoms with Crippen molar-refractivity contribution in [3.63, 3.8) is 0 Å². The molecule has 1 N–H and O–H groups in total. The summed E-state index contributed by atoms with van der Waals surface area (Å²) in [7, 11) is 0. The molecule has 1 fully saturated rings. The topological polar surface area (TPSA) is 38.8 Å². The molecular weight excluding hydrogens is 398 g/mol. The summed E-state index contributed by atoms with van der Waals surface area (Å²) in [6.45, 7) is 5.84. The van der Waals surface area contributed by atoms with Crippen molar-refractivity contribution in [3.8, 4) is 0 Å². The minimum atomic E-state index is -0.710. The van der Waals surface area contributed by atoms with E-state index in [4.69, 9.17) is 0 Å². The first-order valence-corrected chi connectivity index (χ1v) is 10.7. The molecular formula is C24H26F2N4O. The molecule has 5 nitrogen and oxygen atoms in total. The summed E-state index contributed by atoms with van der Waals surface area (Å²) in [5.74, 6) is -2.04. The van der Waals surface area contributed by atoms with E-state index in [2.05, 4.69) is 27.2 Å². The summed E-state index contributed by atoms with van der Waals surface area (Å²) in [6.07, 6.45) is 0.809. The molecule has 3 aliphatic rings. The van der Waals surface area contributed by atoms with E-state index >= 15 is 0 Å². The maximum atomic E-state index is 14.4. The monoisotopic (exact) mass is 424 g/mol. The standard InChI is InChI=1S/C24H26F2N4O/c1-24-27-10-12-29(24)22-9-11-28(14-17-5-3-2-4-6-17)16-20(22)23(31)30(24)15-18-7-8-19(25)13-21(18)26/h2-8,13,27H,9-12,14-16H2,1H3. The second-order valence-corrected chi connectivity index (χ2v) is 8.60. The molecule has 0 aromatic heterocycles. The number of nitrogens with zero attached hydrogens (tertiary/aromatic N) is 3. The number of carbonyl (C=O) groups is 1. The maximum Gasteiger partial charge on any atom is 0.256 e. The Labute approximate surface area is 180 Å². The van der Waals surface area contributed by atoms with Crippen LogP contribution in [0.2, 0.25) is 0 Å². The number of fused-ring (bicyclic) bond motifs is 2. The Morgan fingerprint density at radius 1 is 1.06 bits per heavy atom. The number of amides is 1. The fraction of sp³-hybridized carbons (Fsp3) is 0.375. The molecule has 162 valence electrons. The number of rotatable bonds is 4. The molecule has 5 rings (SSSR count). The fourth-order valence-corrected chi connectivity index (χ4v) is 5.04. The van der Waals surface area contributed by atoms with E-state index in [0.29, 0.717) is 12.1 Å². The van der Waals surface area contributed by atoms with Crippen LogP contribution in [0, 0.1) is 11.6 Å². The highest BCUT2D eigenvalue weighted by molar-refractivity contribution is 5.96. The zero-order chi connectivity index (χ0) is 21.6. The van der Waals surface area contributed by atoms with Crippen molar-refractivity contribution in [1.82, 2.24) is 20.0 Å². The van der Waals surface area contributed by atoms with E-state index in [0.717, 1.165) is 49.9 Å². The molecule has 2 aromatic rings. The zero-order valence-electron chi connectivity index (χ0n) is 17.6. The van der Waals surface area contributed by atoms with Crippen LogP contribution in [0.1, 0.15) is 24.5 Å². The summed E-state index contributed by atoms with van der Waals surface area (Å²) in [5.41, 5.74) is 3.40. The first kappa shape index (κ1) is 20.2. The smallest absolute Gasteiger partial charge is 0.256 e. The van der Waals surface area contributed by atoms with Crippen molar-refractivity contribution in [2.75, 3.05) is 26.2 Å². The van der Waals surface area contributed by atoms with Gasteiger partial charge in [0.2, 0.25) is 0 Å². The predicted octanol–water partition coefficient (Wildman–Crippen LogP) is 3.05. The number of carbonyl (C=O) groups excluding carboxylic acids is 1. The molecule has 0 spiro atoms. The highest BCUT2D eigenvalue weighted by Crippen LogP contribution is 2.39. The number of halogens is 2. The molecule has 1 unspecified atom stereocenters. The van der Waals surface area contributed by atoms with Crippen molar-refractivity contribution in [2.45, 2.75) is 32.2 Å². The molecule has 0 saturated carbocycles. The molecule has 0 aliphatic carbocycles. The highest BCUT2D eigenvalue weighted by Gasteiger charge is 2.51. The van der Waals surface area contributed by atoms with Crippen LogP contribution in [0.5, 0.6) is 0 Å². The van der Waals surface area contributed by atoms with Crippen LogP contribution < -0.4 is 5.32 Å². The SMILES string of the molecule is CC12NCCN1C1=C(CN(Cc3ccccc3)CC1)C(=O)N2Cc1ccc(F)cc1F. The van der Waals surface area contributed by atoms with Crippen LogP contribution in [-0.2, 0) is 17.9 Å². The number of nitrogens with one attached hydrogen (secondary N) is 1. The Morgan fingerprint density at radius 3 is 2.65 bits per heavy atom. The van der Waals surface area contributed by atoms with E-state index in [1.54, 1.807) is 4.90 Å². The largest absolute Gasteiger partial charge is 0.338 e. The average Bonchev–Trinajstić information content (AvgIpc) is 3.16. The Hall–Kier alpha value is -2.77. The van der Waals surface area contributed by atoms with Gasteiger partial charge in [-0.15, -0.1) is 0 Å². The van der Waals surface area contributed by atoms with Gasteiger partial charge in [-0.05, 0) is 18.6 Å². The lowest BCUT2D eigenvalue weighted by atomic mass is 9.97. The highest BCUT2D eigenvalue weighted by atomic mass is 19.1. The van der Waals surface area contributed by atoms with Crippen LogP contribution in [0.3, 0.4) is 0 Å². The van der Waals surface area contributed by atoms with Gasteiger partial charge in [-0.3, -0.25) is 19.9 Å². The van der Waals surface area contributed by atoms with Crippen LogP contribution in [0.4, 0.5) is 8.78 Å². The number of hydrogen-bond donors (Lipinski definition) is 1. The van der Waals surface area contributed by atoms with Crippen LogP contribution >= 0.6 is 0 Å². The Kier molecular flexibility index (Phi) is 5.02. The molecule has 1 amide bonds. The van der Waals surface area contributed by atoms with Crippen molar-refractivity contribution in [3.05, 3.63) is 82.6 Å². The first-order valence-electron chi connectivity index (χ1n) is 10.7. The predicted molar refractivity (Wildman–Crippen MR) is 113 cm³/mol. The lowest BCUT2D eigenvalue weighted by Crippen LogP contribution is -2.67. The van der Waals surface area contributed by atoms with Crippen LogP contribution in [0.15, 0.2) is 59.8 Å². The van der Waals surface area contributed by atoms with E-state index in [1.165, 1.54) is 17.7 Å². The average molecular weight is 424 g/mol. The molecule has 0 bridgehead atoms. The van der Waals surface area contributed by atoms with Gasteiger partial charge in [0.25, 0.3) is 5.91 Å². The van der Waals surface area contributed by atoms with Gasteiger partial charge in [-0.25, -0.2) is 8.78 Å². The molecule has 3 heterocycles. The Balaban J connectivity index is 1.45. The second kappa shape index (κ2) is 7.73.